The number of hydrogen-bond donors (Lipinski definition) is 2. The molecule has 0 aliphatic carbocycles. The second-order valence-corrected chi connectivity index (χ2v) is 7.30. The number of amides is 1. The number of pyridine rings is 1. The van der Waals surface area contributed by atoms with Gasteiger partial charge in [-0.15, -0.1) is 0 Å². The number of carbonyl (C=O) groups is 1. The van der Waals surface area contributed by atoms with Crippen LogP contribution in [0.15, 0.2) is 66.9 Å². The number of piperidine rings is 1. The van der Waals surface area contributed by atoms with Gasteiger partial charge in [0.1, 0.15) is 5.82 Å². The number of hydrogen-bond acceptors (Lipinski definition) is 5. The molecule has 6 heteroatoms. The van der Waals surface area contributed by atoms with Gasteiger partial charge in [-0.25, -0.2) is 4.98 Å². The van der Waals surface area contributed by atoms with Crippen molar-refractivity contribution in [2.24, 2.45) is 0 Å². The summed E-state index contributed by atoms with van der Waals surface area (Å²) in [7, 11) is 0. The first-order valence-corrected chi connectivity index (χ1v) is 10.1. The van der Waals surface area contributed by atoms with Crippen molar-refractivity contribution in [1.82, 2.24) is 4.98 Å². The number of benzene rings is 2. The smallest absolute Gasteiger partial charge is 0.257 e. The Morgan fingerprint density at radius 1 is 0.967 bits per heavy atom. The average molecular weight is 397 g/mol. The summed E-state index contributed by atoms with van der Waals surface area (Å²) in [4.78, 5) is 19.2. The summed E-state index contributed by atoms with van der Waals surface area (Å²) in [5, 5.41) is 15.0. The summed E-state index contributed by atoms with van der Waals surface area (Å²) >= 11 is 0. The fourth-order valence-corrected chi connectivity index (χ4v) is 3.53. The van der Waals surface area contributed by atoms with E-state index in [0.29, 0.717) is 16.9 Å². The molecule has 1 fully saturated rings. The highest BCUT2D eigenvalue weighted by atomic mass is 16.1. The first kappa shape index (κ1) is 19.5. The van der Waals surface area contributed by atoms with Crippen LogP contribution in [-0.4, -0.2) is 24.0 Å². The number of rotatable bonds is 5. The molecule has 1 saturated heterocycles. The van der Waals surface area contributed by atoms with Gasteiger partial charge in [-0.05, 0) is 73.9 Å². The first-order valence-electron chi connectivity index (χ1n) is 10.1. The second kappa shape index (κ2) is 9.10. The lowest BCUT2D eigenvalue weighted by Gasteiger charge is -2.28. The highest BCUT2D eigenvalue weighted by Crippen LogP contribution is 2.22. The fraction of sp³-hybridized carbons (Fsp3) is 0.208. The number of nitrogens with one attached hydrogen (secondary N) is 2. The van der Waals surface area contributed by atoms with Crippen LogP contribution in [0.2, 0.25) is 0 Å². The molecular weight excluding hydrogens is 374 g/mol. The van der Waals surface area contributed by atoms with E-state index < -0.39 is 0 Å². The van der Waals surface area contributed by atoms with Crippen molar-refractivity contribution in [3.63, 3.8) is 0 Å². The summed E-state index contributed by atoms with van der Waals surface area (Å²) in [5.74, 6) is 0.402. The summed E-state index contributed by atoms with van der Waals surface area (Å²) in [6.07, 6.45) is 5.31. The molecule has 6 nitrogen and oxygen atoms in total. The molecule has 0 spiro atoms. The van der Waals surface area contributed by atoms with Crippen LogP contribution in [0.25, 0.3) is 0 Å². The first-order chi connectivity index (χ1) is 14.7. The van der Waals surface area contributed by atoms with Gasteiger partial charge in [-0.3, -0.25) is 4.79 Å². The molecule has 0 unspecified atom stereocenters. The molecule has 3 aromatic rings. The Hall–Kier alpha value is -3.85. The van der Waals surface area contributed by atoms with Gasteiger partial charge >= 0.3 is 0 Å². The summed E-state index contributed by atoms with van der Waals surface area (Å²) in [6, 6.07) is 20.7. The second-order valence-electron chi connectivity index (χ2n) is 7.30. The van der Waals surface area contributed by atoms with E-state index in [-0.39, 0.29) is 5.91 Å². The van der Waals surface area contributed by atoms with E-state index in [1.165, 1.54) is 31.1 Å². The van der Waals surface area contributed by atoms with Gasteiger partial charge in [-0.1, -0.05) is 6.07 Å². The van der Waals surface area contributed by atoms with Gasteiger partial charge in [0.05, 0.1) is 17.2 Å². The SMILES string of the molecule is N#Cc1cccc(Nc2ccc(C(=O)Nc3ccc(N4CCCCC4)cc3)cn2)c1. The van der Waals surface area contributed by atoms with Crippen LogP contribution < -0.4 is 15.5 Å². The largest absolute Gasteiger partial charge is 0.372 e. The Morgan fingerprint density at radius 3 is 2.47 bits per heavy atom. The lowest BCUT2D eigenvalue weighted by molar-refractivity contribution is 0.102. The number of nitriles is 1. The van der Waals surface area contributed by atoms with Crippen LogP contribution in [0.1, 0.15) is 35.2 Å². The standard InChI is InChI=1S/C24H23N5O/c25-16-18-5-4-6-21(15-18)27-23-12-7-19(17-26-23)24(30)28-20-8-10-22(11-9-20)29-13-2-1-3-14-29/h4-12,15,17H,1-3,13-14H2,(H,26,27)(H,28,30). The van der Waals surface area contributed by atoms with Crippen molar-refractivity contribution in [2.75, 3.05) is 28.6 Å². The Bertz CT molecular complexity index is 1050. The third-order valence-corrected chi connectivity index (χ3v) is 5.14. The summed E-state index contributed by atoms with van der Waals surface area (Å²) in [5.41, 5.74) is 3.78. The third kappa shape index (κ3) is 4.76. The van der Waals surface area contributed by atoms with Gasteiger partial charge in [0.25, 0.3) is 5.91 Å². The Balaban J connectivity index is 1.37. The zero-order chi connectivity index (χ0) is 20.8. The van der Waals surface area contributed by atoms with E-state index in [1.807, 2.05) is 18.2 Å². The number of nitrogens with zero attached hydrogens (tertiary/aromatic N) is 3. The molecule has 0 saturated carbocycles. The normalized spacial score (nSPS) is 13.4. The molecule has 150 valence electrons. The van der Waals surface area contributed by atoms with Crippen molar-refractivity contribution in [3.05, 3.63) is 78.0 Å². The minimum absolute atomic E-state index is 0.203. The van der Waals surface area contributed by atoms with E-state index in [4.69, 9.17) is 5.26 Å². The van der Waals surface area contributed by atoms with E-state index in [2.05, 4.69) is 38.7 Å². The molecule has 0 bridgehead atoms. The van der Waals surface area contributed by atoms with Crippen LogP contribution in [0.3, 0.4) is 0 Å². The van der Waals surface area contributed by atoms with Crippen LogP contribution in [0.4, 0.5) is 22.9 Å². The Morgan fingerprint density at radius 2 is 1.77 bits per heavy atom. The molecule has 2 aromatic carbocycles. The van der Waals surface area contributed by atoms with Gasteiger partial charge in [0, 0.05) is 36.3 Å². The van der Waals surface area contributed by atoms with E-state index in [0.717, 1.165) is 24.5 Å². The molecule has 1 aliphatic heterocycles. The van der Waals surface area contributed by atoms with Crippen molar-refractivity contribution < 1.29 is 4.79 Å². The third-order valence-electron chi connectivity index (χ3n) is 5.14. The van der Waals surface area contributed by atoms with E-state index in [1.54, 1.807) is 30.3 Å². The minimum Gasteiger partial charge on any atom is -0.372 e. The molecule has 1 aromatic heterocycles. The molecule has 0 radical (unpaired) electrons. The zero-order valence-corrected chi connectivity index (χ0v) is 16.6. The minimum atomic E-state index is -0.203. The molecule has 1 amide bonds. The van der Waals surface area contributed by atoms with Crippen LogP contribution in [0.5, 0.6) is 0 Å². The lowest BCUT2D eigenvalue weighted by Crippen LogP contribution is -2.29. The highest BCUT2D eigenvalue weighted by Gasteiger charge is 2.11. The quantitative estimate of drug-likeness (QED) is 0.637. The van der Waals surface area contributed by atoms with Crippen molar-refractivity contribution >= 4 is 28.8 Å². The maximum atomic E-state index is 12.5. The van der Waals surface area contributed by atoms with Gasteiger partial charge in [-0.2, -0.15) is 5.26 Å². The summed E-state index contributed by atoms with van der Waals surface area (Å²) < 4.78 is 0. The van der Waals surface area contributed by atoms with Crippen molar-refractivity contribution in [3.8, 4) is 6.07 Å². The van der Waals surface area contributed by atoms with Crippen molar-refractivity contribution in [1.29, 1.82) is 5.26 Å². The molecule has 0 atom stereocenters. The molecule has 1 aliphatic rings. The maximum Gasteiger partial charge on any atom is 0.257 e. The zero-order valence-electron chi connectivity index (χ0n) is 16.6. The van der Waals surface area contributed by atoms with Crippen LogP contribution >= 0.6 is 0 Å². The Kier molecular flexibility index (Phi) is 5.90. The highest BCUT2D eigenvalue weighted by molar-refractivity contribution is 6.04. The number of carbonyl (C=O) groups excluding carboxylic acids is 1. The predicted molar refractivity (Wildman–Crippen MR) is 119 cm³/mol. The topological polar surface area (TPSA) is 81.0 Å². The molecule has 30 heavy (non-hydrogen) atoms. The summed E-state index contributed by atoms with van der Waals surface area (Å²) in [6.45, 7) is 2.19. The van der Waals surface area contributed by atoms with Gasteiger partial charge < -0.3 is 15.5 Å². The lowest BCUT2D eigenvalue weighted by atomic mass is 10.1. The predicted octanol–water partition coefficient (Wildman–Crippen LogP) is 4.94. The van der Waals surface area contributed by atoms with Gasteiger partial charge in [0.2, 0.25) is 0 Å². The maximum absolute atomic E-state index is 12.5. The average Bonchev–Trinajstić information content (AvgIpc) is 2.81. The van der Waals surface area contributed by atoms with Crippen LogP contribution in [0, 0.1) is 11.3 Å². The molecular formula is C24H23N5O. The van der Waals surface area contributed by atoms with Crippen LogP contribution in [-0.2, 0) is 0 Å². The molecule has 4 rings (SSSR count). The van der Waals surface area contributed by atoms with Gasteiger partial charge in [0.15, 0.2) is 0 Å². The fourth-order valence-electron chi connectivity index (χ4n) is 3.53. The monoisotopic (exact) mass is 397 g/mol. The van der Waals surface area contributed by atoms with E-state index in [9.17, 15) is 4.79 Å². The molecule has 2 heterocycles. The Labute approximate surface area is 176 Å². The molecule has 2 N–H and O–H groups in total. The number of anilines is 4. The number of aromatic nitrogens is 1. The van der Waals surface area contributed by atoms with Crippen molar-refractivity contribution in [2.45, 2.75) is 19.3 Å². The van der Waals surface area contributed by atoms with E-state index >= 15 is 0 Å².